The van der Waals surface area contributed by atoms with Gasteiger partial charge in [0.05, 0.1) is 21.7 Å². The molecule has 1 aliphatic heterocycles. The Balaban J connectivity index is 1.95. The third-order valence-corrected chi connectivity index (χ3v) is 4.46. The highest BCUT2D eigenvalue weighted by Gasteiger charge is 2.42. The topological polar surface area (TPSA) is 52.6 Å². The predicted octanol–water partition coefficient (Wildman–Crippen LogP) is 3.11. The van der Waals surface area contributed by atoms with Gasteiger partial charge in [0, 0.05) is 12.1 Å². The van der Waals surface area contributed by atoms with Gasteiger partial charge in [-0.05, 0) is 18.9 Å². The molecule has 2 fully saturated rings. The maximum absolute atomic E-state index is 12.4. The summed E-state index contributed by atoms with van der Waals surface area (Å²) in [6.07, 6.45) is 4.12. The van der Waals surface area contributed by atoms with Crippen molar-refractivity contribution in [1.29, 1.82) is 0 Å². The smallest absolute Gasteiger partial charge is 0.246 e. The lowest BCUT2D eigenvalue weighted by molar-refractivity contribution is -0.121. The molecule has 1 heterocycles. The van der Waals surface area contributed by atoms with Gasteiger partial charge in [0.2, 0.25) is 5.91 Å². The number of carbonyl (C=O) groups is 1. The third kappa shape index (κ3) is 2.18. The number of phenolic OH excluding ortho intramolecular Hbond substituents is 1. The molecule has 1 amide bonds. The standard InChI is InChI=1S/C13H14Cl2N2O2/c14-8-5-9(15)12(18)6-11(8)17-13(19)7-3-1-2-4-10(7)16-17/h5-7,10,16,18H,1-4H2. The third-order valence-electron chi connectivity index (χ3n) is 3.86. The minimum atomic E-state index is -0.0782. The Labute approximate surface area is 121 Å². The molecule has 2 unspecified atom stereocenters. The number of aromatic hydroxyl groups is 1. The van der Waals surface area contributed by atoms with Crippen LogP contribution in [0.5, 0.6) is 5.75 Å². The molecule has 2 atom stereocenters. The highest BCUT2D eigenvalue weighted by atomic mass is 35.5. The number of halogens is 2. The molecule has 0 spiro atoms. The number of amides is 1. The minimum Gasteiger partial charge on any atom is -0.506 e. The van der Waals surface area contributed by atoms with Crippen LogP contribution in [0.3, 0.4) is 0 Å². The zero-order valence-corrected chi connectivity index (χ0v) is 11.7. The van der Waals surface area contributed by atoms with E-state index in [1.165, 1.54) is 17.1 Å². The number of anilines is 1. The lowest BCUT2D eigenvalue weighted by Gasteiger charge is -2.21. The van der Waals surface area contributed by atoms with Crippen molar-refractivity contribution in [2.24, 2.45) is 5.92 Å². The highest BCUT2D eigenvalue weighted by Crippen LogP contribution is 2.39. The first kappa shape index (κ1) is 13.0. The van der Waals surface area contributed by atoms with E-state index in [1.807, 2.05) is 0 Å². The fourth-order valence-electron chi connectivity index (χ4n) is 2.86. The fraction of sp³-hybridized carbons (Fsp3) is 0.462. The Morgan fingerprint density at radius 3 is 2.68 bits per heavy atom. The number of carbonyl (C=O) groups excluding carboxylic acids is 1. The quantitative estimate of drug-likeness (QED) is 0.838. The number of nitrogens with one attached hydrogen (secondary N) is 1. The first-order valence-corrected chi connectivity index (χ1v) is 7.11. The first-order chi connectivity index (χ1) is 9.08. The van der Waals surface area contributed by atoms with Gasteiger partial charge in [-0.1, -0.05) is 36.0 Å². The zero-order chi connectivity index (χ0) is 13.6. The molecule has 1 aromatic rings. The lowest BCUT2D eigenvalue weighted by Crippen LogP contribution is -2.38. The molecule has 1 saturated heterocycles. The van der Waals surface area contributed by atoms with Crippen LogP contribution in [0.4, 0.5) is 5.69 Å². The Morgan fingerprint density at radius 1 is 1.21 bits per heavy atom. The molecule has 2 aliphatic rings. The van der Waals surface area contributed by atoms with E-state index in [9.17, 15) is 9.90 Å². The van der Waals surface area contributed by atoms with Crippen LogP contribution in [0.15, 0.2) is 12.1 Å². The van der Waals surface area contributed by atoms with Gasteiger partial charge in [-0.3, -0.25) is 4.79 Å². The molecule has 2 N–H and O–H groups in total. The average Bonchev–Trinajstić information content (AvgIpc) is 2.72. The van der Waals surface area contributed by atoms with Crippen LogP contribution in [-0.4, -0.2) is 17.1 Å². The number of fused-ring (bicyclic) bond motifs is 1. The molecular formula is C13H14Cl2N2O2. The van der Waals surface area contributed by atoms with Gasteiger partial charge in [0.15, 0.2) is 0 Å². The lowest BCUT2D eigenvalue weighted by atomic mass is 9.86. The Morgan fingerprint density at radius 2 is 1.95 bits per heavy atom. The van der Waals surface area contributed by atoms with Gasteiger partial charge < -0.3 is 5.11 Å². The molecule has 1 saturated carbocycles. The molecule has 4 nitrogen and oxygen atoms in total. The van der Waals surface area contributed by atoms with E-state index in [0.29, 0.717) is 10.7 Å². The fourth-order valence-corrected chi connectivity index (χ4v) is 3.33. The van der Waals surface area contributed by atoms with Gasteiger partial charge >= 0.3 is 0 Å². The van der Waals surface area contributed by atoms with Gasteiger partial charge in [-0.2, -0.15) is 0 Å². The highest BCUT2D eigenvalue weighted by molar-refractivity contribution is 6.37. The second kappa shape index (κ2) is 4.85. The largest absolute Gasteiger partial charge is 0.506 e. The molecule has 0 bridgehead atoms. The summed E-state index contributed by atoms with van der Waals surface area (Å²) in [5.41, 5.74) is 3.65. The second-order valence-electron chi connectivity index (χ2n) is 5.06. The van der Waals surface area contributed by atoms with E-state index < -0.39 is 0 Å². The molecule has 6 heteroatoms. The number of hydrogen-bond donors (Lipinski definition) is 2. The summed E-state index contributed by atoms with van der Waals surface area (Å²) in [7, 11) is 0. The normalized spacial score (nSPS) is 26.6. The van der Waals surface area contributed by atoms with Crippen LogP contribution in [0.2, 0.25) is 10.0 Å². The summed E-state index contributed by atoms with van der Waals surface area (Å²) in [6, 6.07) is 3.05. The number of benzene rings is 1. The van der Waals surface area contributed by atoms with E-state index >= 15 is 0 Å². The molecule has 102 valence electrons. The van der Waals surface area contributed by atoms with Crippen molar-refractivity contribution in [2.45, 2.75) is 31.7 Å². The summed E-state index contributed by atoms with van der Waals surface area (Å²) in [5, 5.41) is 11.7. The zero-order valence-electron chi connectivity index (χ0n) is 10.2. The molecule has 1 aromatic carbocycles. The number of phenols is 1. The van der Waals surface area contributed by atoms with Gasteiger partial charge in [0.1, 0.15) is 5.75 Å². The molecule has 0 radical (unpaired) electrons. The summed E-state index contributed by atoms with van der Waals surface area (Å²) in [4.78, 5) is 12.4. The summed E-state index contributed by atoms with van der Waals surface area (Å²) in [5.74, 6) is -0.0403. The van der Waals surface area contributed by atoms with Crippen LogP contribution in [0.1, 0.15) is 25.7 Å². The van der Waals surface area contributed by atoms with Crippen LogP contribution < -0.4 is 10.4 Å². The van der Waals surface area contributed by atoms with Crippen LogP contribution in [-0.2, 0) is 4.79 Å². The van der Waals surface area contributed by atoms with Gasteiger partial charge in [-0.25, -0.2) is 10.4 Å². The van der Waals surface area contributed by atoms with Crippen molar-refractivity contribution < 1.29 is 9.90 Å². The van der Waals surface area contributed by atoms with E-state index in [-0.39, 0.29) is 28.6 Å². The average molecular weight is 301 g/mol. The van der Waals surface area contributed by atoms with Crippen LogP contribution in [0, 0.1) is 5.92 Å². The summed E-state index contributed by atoms with van der Waals surface area (Å²) < 4.78 is 0. The number of hydrogen-bond acceptors (Lipinski definition) is 3. The van der Waals surface area contributed by atoms with Crippen molar-refractivity contribution >= 4 is 34.8 Å². The van der Waals surface area contributed by atoms with E-state index in [1.54, 1.807) is 0 Å². The predicted molar refractivity (Wildman–Crippen MR) is 74.5 cm³/mol. The Bertz CT molecular complexity index is 536. The van der Waals surface area contributed by atoms with Crippen LogP contribution >= 0.6 is 23.2 Å². The molecule has 3 rings (SSSR count). The monoisotopic (exact) mass is 300 g/mol. The molecule has 1 aliphatic carbocycles. The first-order valence-electron chi connectivity index (χ1n) is 6.36. The van der Waals surface area contributed by atoms with Crippen molar-refractivity contribution in [2.75, 3.05) is 5.01 Å². The maximum Gasteiger partial charge on any atom is 0.246 e. The minimum absolute atomic E-state index is 0.0163. The summed E-state index contributed by atoms with van der Waals surface area (Å²) >= 11 is 11.9. The SMILES string of the molecule is O=C1C2CCCCC2NN1c1cc(O)c(Cl)cc1Cl. The van der Waals surface area contributed by atoms with Gasteiger partial charge in [-0.15, -0.1) is 0 Å². The van der Waals surface area contributed by atoms with Crippen molar-refractivity contribution in [3.63, 3.8) is 0 Å². The Kier molecular flexibility index (Phi) is 3.33. The van der Waals surface area contributed by atoms with E-state index in [0.717, 1.165) is 25.7 Å². The van der Waals surface area contributed by atoms with Crippen molar-refractivity contribution in [1.82, 2.24) is 5.43 Å². The number of hydrazine groups is 1. The number of nitrogens with zero attached hydrogens (tertiary/aromatic N) is 1. The molecule has 0 aromatic heterocycles. The van der Waals surface area contributed by atoms with E-state index in [2.05, 4.69) is 5.43 Å². The van der Waals surface area contributed by atoms with E-state index in [4.69, 9.17) is 23.2 Å². The number of rotatable bonds is 1. The van der Waals surface area contributed by atoms with Gasteiger partial charge in [0.25, 0.3) is 0 Å². The molecule has 19 heavy (non-hydrogen) atoms. The molecular weight excluding hydrogens is 287 g/mol. The van der Waals surface area contributed by atoms with Crippen molar-refractivity contribution in [3.05, 3.63) is 22.2 Å². The second-order valence-corrected chi connectivity index (χ2v) is 5.87. The van der Waals surface area contributed by atoms with Crippen LogP contribution in [0.25, 0.3) is 0 Å². The maximum atomic E-state index is 12.4. The van der Waals surface area contributed by atoms with Crippen molar-refractivity contribution in [3.8, 4) is 5.75 Å². The summed E-state index contributed by atoms with van der Waals surface area (Å²) in [6.45, 7) is 0. The Hall–Kier alpha value is -0.970.